The highest BCUT2D eigenvalue weighted by Gasteiger charge is 2.19. The first-order valence-corrected chi connectivity index (χ1v) is 10.6. The second-order valence-corrected chi connectivity index (χ2v) is 7.40. The Kier molecular flexibility index (Phi) is 7.51. The number of hydrogen-bond donors (Lipinski definition) is 1. The molecule has 27 heavy (non-hydrogen) atoms. The Bertz CT molecular complexity index is 806. The molecule has 0 fully saturated rings. The molecular weight excluding hydrogens is 356 g/mol. The fourth-order valence-electron chi connectivity index (χ4n) is 3.09. The Labute approximate surface area is 165 Å². The second kappa shape index (κ2) is 10.3. The molecule has 2 aromatic carbocycles. The predicted octanol–water partition coefficient (Wildman–Crippen LogP) is 4.55. The average molecular weight is 383 g/mol. The molecule has 0 aliphatic rings. The van der Waals surface area contributed by atoms with Crippen LogP contribution >= 0.6 is 11.8 Å². The summed E-state index contributed by atoms with van der Waals surface area (Å²) in [6, 6.07) is 20.3. The van der Waals surface area contributed by atoms with Gasteiger partial charge in [0.2, 0.25) is 0 Å². The Balaban J connectivity index is 1.83. The van der Waals surface area contributed by atoms with E-state index < -0.39 is 0 Å². The summed E-state index contributed by atoms with van der Waals surface area (Å²) in [5.41, 5.74) is 4.14. The summed E-state index contributed by atoms with van der Waals surface area (Å²) >= 11 is 1.79. The molecule has 0 bridgehead atoms. The van der Waals surface area contributed by atoms with E-state index in [0.29, 0.717) is 13.2 Å². The second-order valence-electron chi connectivity index (χ2n) is 6.41. The minimum absolute atomic E-state index is 0.0118. The van der Waals surface area contributed by atoms with Crippen LogP contribution in [-0.4, -0.2) is 33.3 Å². The van der Waals surface area contributed by atoms with E-state index in [4.69, 9.17) is 4.74 Å². The molecule has 0 saturated heterocycles. The molecular formula is C22H26N2O2S. The van der Waals surface area contributed by atoms with E-state index in [9.17, 15) is 5.11 Å². The van der Waals surface area contributed by atoms with Gasteiger partial charge in [0.25, 0.3) is 0 Å². The molecule has 0 spiro atoms. The highest BCUT2D eigenvalue weighted by atomic mass is 32.2. The molecule has 1 aromatic heterocycles. The van der Waals surface area contributed by atoms with Gasteiger partial charge in [-0.25, -0.2) is 4.98 Å². The highest BCUT2D eigenvalue weighted by molar-refractivity contribution is 7.98. The number of imidazole rings is 1. The Hall–Kier alpha value is -2.08. The molecule has 3 rings (SSSR count). The topological polar surface area (TPSA) is 47.3 Å². The van der Waals surface area contributed by atoms with E-state index in [1.165, 1.54) is 0 Å². The van der Waals surface area contributed by atoms with Crippen molar-refractivity contribution in [2.75, 3.05) is 18.6 Å². The SMILES string of the molecule is CSCC[C@@H](CO)n1cnc(-c2ccccc2)c1COCc1ccccc1. The van der Waals surface area contributed by atoms with Crippen LogP contribution in [0.1, 0.15) is 23.7 Å². The smallest absolute Gasteiger partial charge is 0.0960 e. The van der Waals surface area contributed by atoms with Crippen LogP contribution in [0, 0.1) is 0 Å². The fourth-order valence-corrected chi connectivity index (χ4v) is 3.60. The Morgan fingerprint density at radius 2 is 1.74 bits per heavy atom. The molecule has 0 radical (unpaired) electrons. The lowest BCUT2D eigenvalue weighted by Crippen LogP contribution is -2.17. The maximum Gasteiger partial charge on any atom is 0.0960 e. The van der Waals surface area contributed by atoms with Gasteiger partial charge in [0.15, 0.2) is 0 Å². The van der Waals surface area contributed by atoms with Crippen molar-refractivity contribution >= 4 is 11.8 Å². The van der Waals surface area contributed by atoms with Gasteiger partial charge in [-0.3, -0.25) is 0 Å². The van der Waals surface area contributed by atoms with Crippen molar-refractivity contribution in [1.29, 1.82) is 0 Å². The van der Waals surface area contributed by atoms with Crippen molar-refractivity contribution in [2.45, 2.75) is 25.7 Å². The summed E-state index contributed by atoms with van der Waals surface area (Å²) in [5, 5.41) is 9.92. The van der Waals surface area contributed by atoms with Gasteiger partial charge in [-0.1, -0.05) is 60.7 Å². The van der Waals surface area contributed by atoms with E-state index >= 15 is 0 Å². The van der Waals surface area contributed by atoms with Crippen molar-refractivity contribution < 1.29 is 9.84 Å². The number of aliphatic hydroxyl groups is 1. The summed E-state index contributed by atoms with van der Waals surface area (Å²) < 4.78 is 8.11. The lowest BCUT2D eigenvalue weighted by Gasteiger charge is -2.19. The quantitative estimate of drug-likeness (QED) is 0.559. The van der Waals surface area contributed by atoms with E-state index in [1.54, 1.807) is 11.8 Å². The lowest BCUT2D eigenvalue weighted by molar-refractivity contribution is 0.0993. The normalized spacial score (nSPS) is 12.2. The standard InChI is InChI=1S/C22H26N2O2S/c1-27-13-12-20(14-25)24-17-23-22(19-10-6-3-7-11-19)21(24)16-26-15-18-8-4-2-5-9-18/h2-11,17,20,25H,12-16H2,1H3/t20-/m0/s1. The van der Waals surface area contributed by atoms with Gasteiger partial charge in [-0.2, -0.15) is 11.8 Å². The number of nitrogens with zero attached hydrogens (tertiary/aromatic N) is 2. The van der Waals surface area contributed by atoms with E-state index in [2.05, 4.69) is 40.1 Å². The number of aromatic nitrogens is 2. The molecule has 5 heteroatoms. The predicted molar refractivity (Wildman–Crippen MR) is 112 cm³/mol. The molecule has 0 unspecified atom stereocenters. The molecule has 1 atom stereocenters. The van der Waals surface area contributed by atoms with Gasteiger partial charge in [0.05, 0.1) is 43.6 Å². The zero-order valence-corrected chi connectivity index (χ0v) is 16.4. The fraction of sp³-hybridized carbons (Fsp3) is 0.318. The molecule has 0 aliphatic carbocycles. The molecule has 0 saturated carbocycles. The zero-order chi connectivity index (χ0) is 18.9. The average Bonchev–Trinajstić information content (AvgIpc) is 3.14. The highest BCUT2D eigenvalue weighted by Crippen LogP contribution is 2.27. The van der Waals surface area contributed by atoms with Gasteiger partial charge >= 0.3 is 0 Å². The van der Waals surface area contributed by atoms with E-state index in [0.717, 1.165) is 34.7 Å². The lowest BCUT2D eigenvalue weighted by atomic mass is 10.1. The van der Waals surface area contributed by atoms with Gasteiger partial charge in [0, 0.05) is 5.56 Å². The van der Waals surface area contributed by atoms with Crippen LogP contribution in [0.4, 0.5) is 0 Å². The molecule has 1 N–H and O–H groups in total. The zero-order valence-electron chi connectivity index (χ0n) is 15.6. The van der Waals surface area contributed by atoms with Gasteiger partial charge in [-0.15, -0.1) is 0 Å². The van der Waals surface area contributed by atoms with Crippen LogP contribution in [0.3, 0.4) is 0 Å². The van der Waals surface area contributed by atoms with Crippen LogP contribution in [0.25, 0.3) is 11.3 Å². The number of ether oxygens (including phenoxy) is 1. The Morgan fingerprint density at radius 3 is 2.41 bits per heavy atom. The molecule has 4 nitrogen and oxygen atoms in total. The molecule has 142 valence electrons. The van der Waals surface area contributed by atoms with Crippen LogP contribution in [-0.2, 0) is 18.0 Å². The minimum Gasteiger partial charge on any atom is -0.394 e. The first-order valence-electron chi connectivity index (χ1n) is 9.16. The van der Waals surface area contributed by atoms with Crippen molar-refractivity contribution in [2.24, 2.45) is 0 Å². The van der Waals surface area contributed by atoms with Crippen molar-refractivity contribution in [3.05, 3.63) is 78.2 Å². The first-order chi connectivity index (χ1) is 13.3. The number of thioether (sulfide) groups is 1. The third-order valence-corrected chi connectivity index (χ3v) is 5.20. The van der Waals surface area contributed by atoms with E-state index in [-0.39, 0.29) is 12.6 Å². The summed E-state index contributed by atoms with van der Waals surface area (Å²) in [5.74, 6) is 0.994. The molecule has 3 aromatic rings. The van der Waals surface area contributed by atoms with Gasteiger partial charge in [-0.05, 0) is 24.0 Å². The van der Waals surface area contributed by atoms with Gasteiger partial charge in [0.1, 0.15) is 0 Å². The third kappa shape index (κ3) is 5.22. The molecule has 0 amide bonds. The maximum atomic E-state index is 9.92. The van der Waals surface area contributed by atoms with Crippen LogP contribution < -0.4 is 0 Å². The van der Waals surface area contributed by atoms with Crippen LogP contribution in [0.2, 0.25) is 0 Å². The van der Waals surface area contributed by atoms with Crippen LogP contribution in [0.15, 0.2) is 67.0 Å². The first kappa shape index (κ1) is 19.7. The minimum atomic E-state index is 0.0118. The summed E-state index contributed by atoms with van der Waals surface area (Å²) in [7, 11) is 0. The van der Waals surface area contributed by atoms with Crippen molar-refractivity contribution in [3.63, 3.8) is 0 Å². The van der Waals surface area contributed by atoms with Crippen molar-refractivity contribution in [1.82, 2.24) is 9.55 Å². The summed E-state index contributed by atoms with van der Waals surface area (Å²) in [4.78, 5) is 4.65. The number of aliphatic hydroxyl groups excluding tert-OH is 1. The molecule has 0 aliphatic heterocycles. The van der Waals surface area contributed by atoms with Crippen LogP contribution in [0.5, 0.6) is 0 Å². The maximum absolute atomic E-state index is 9.92. The Morgan fingerprint density at radius 1 is 1.04 bits per heavy atom. The summed E-state index contributed by atoms with van der Waals surface area (Å²) in [6.07, 6.45) is 4.82. The molecule has 1 heterocycles. The largest absolute Gasteiger partial charge is 0.394 e. The van der Waals surface area contributed by atoms with E-state index in [1.807, 2.05) is 42.7 Å². The summed E-state index contributed by atoms with van der Waals surface area (Å²) in [6.45, 7) is 1.10. The number of hydrogen-bond acceptors (Lipinski definition) is 4. The van der Waals surface area contributed by atoms with Gasteiger partial charge < -0.3 is 14.4 Å². The van der Waals surface area contributed by atoms with Crippen molar-refractivity contribution in [3.8, 4) is 11.3 Å². The number of benzene rings is 2. The number of rotatable bonds is 10. The monoisotopic (exact) mass is 382 g/mol. The third-order valence-electron chi connectivity index (χ3n) is 4.55.